The molecule has 0 spiro atoms. The molecule has 1 fully saturated rings. The Balaban J connectivity index is 1.59. The molecule has 7 heteroatoms. The molecule has 0 atom stereocenters. The zero-order chi connectivity index (χ0) is 16.4. The van der Waals surface area contributed by atoms with Gasteiger partial charge in [0.05, 0.1) is 6.10 Å². The molecular weight excluding hydrogens is 299 g/mol. The van der Waals surface area contributed by atoms with Gasteiger partial charge < -0.3 is 10.1 Å². The Labute approximate surface area is 133 Å². The van der Waals surface area contributed by atoms with Gasteiger partial charge in [-0.1, -0.05) is 12.1 Å². The van der Waals surface area contributed by atoms with Crippen LogP contribution in [0.2, 0.25) is 0 Å². The Hall–Kier alpha value is -2.57. The zero-order valence-electron chi connectivity index (χ0n) is 13.1. The van der Waals surface area contributed by atoms with Crippen molar-refractivity contribution in [2.45, 2.75) is 32.4 Å². The summed E-state index contributed by atoms with van der Waals surface area (Å²) in [5.74, 6) is 0.304. The highest BCUT2D eigenvalue weighted by Crippen LogP contribution is 2.29. The number of anilines is 1. The Kier molecular flexibility index (Phi) is 4.18. The first kappa shape index (κ1) is 15.3. The molecule has 1 heterocycles. The molecule has 0 aliphatic heterocycles. The van der Waals surface area contributed by atoms with E-state index in [-0.39, 0.29) is 18.4 Å². The van der Waals surface area contributed by atoms with E-state index in [4.69, 9.17) is 4.74 Å². The minimum absolute atomic E-state index is 0.0748. The summed E-state index contributed by atoms with van der Waals surface area (Å²) in [6.07, 6.45) is 3.86. The molecular formula is C16H19FN4O2. The van der Waals surface area contributed by atoms with Crippen LogP contribution in [0.1, 0.15) is 24.0 Å². The summed E-state index contributed by atoms with van der Waals surface area (Å²) >= 11 is 0. The van der Waals surface area contributed by atoms with Crippen molar-refractivity contribution >= 4 is 11.8 Å². The molecule has 0 unspecified atom stereocenters. The molecule has 6 nitrogen and oxygen atoms in total. The lowest BCUT2D eigenvalue weighted by Crippen LogP contribution is -2.29. The van der Waals surface area contributed by atoms with Gasteiger partial charge in [0.25, 0.3) is 0 Å². The van der Waals surface area contributed by atoms with E-state index >= 15 is 0 Å². The maximum Gasteiger partial charge on any atom is 0.320 e. The second-order valence-corrected chi connectivity index (χ2v) is 5.69. The van der Waals surface area contributed by atoms with E-state index in [1.807, 2.05) is 6.92 Å². The largest absolute Gasteiger partial charge is 0.487 e. The summed E-state index contributed by atoms with van der Waals surface area (Å²) in [7, 11) is 1.77. The summed E-state index contributed by atoms with van der Waals surface area (Å²) in [6, 6.07) is 4.52. The molecule has 1 aromatic carbocycles. The molecule has 2 aromatic rings. The predicted molar refractivity (Wildman–Crippen MR) is 83.9 cm³/mol. The van der Waals surface area contributed by atoms with Crippen molar-refractivity contribution in [2.24, 2.45) is 7.05 Å². The van der Waals surface area contributed by atoms with E-state index in [1.165, 1.54) is 0 Å². The summed E-state index contributed by atoms with van der Waals surface area (Å²) in [5.41, 5.74) is 1.24. The molecule has 1 aliphatic rings. The summed E-state index contributed by atoms with van der Waals surface area (Å²) < 4.78 is 21.4. The molecule has 0 saturated heterocycles. The average molecular weight is 318 g/mol. The first-order valence-corrected chi connectivity index (χ1v) is 7.52. The average Bonchev–Trinajstić information content (AvgIpc) is 3.25. The normalized spacial score (nSPS) is 13.7. The number of urea groups is 1. The number of ether oxygens (including phenoxy) is 1. The number of hydrogen-bond donors (Lipinski definition) is 2. The minimum atomic E-state index is -0.431. The number of hydrogen-bond acceptors (Lipinski definition) is 3. The lowest BCUT2D eigenvalue weighted by molar-refractivity contribution is 0.251. The van der Waals surface area contributed by atoms with E-state index in [2.05, 4.69) is 15.7 Å². The summed E-state index contributed by atoms with van der Waals surface area (Å²) in [6.45, 7) is 1.92. The first-order chi connectivity index (χ1) is 11.0. The van der Waals surface area contributed by atoms with Crippen LogP contribution in [0.5, 0.6) is 5.75 Å². The Morgan fingerprint density at radius 2 is 2.26 bits per heavy atom. The standard InChI is InChI=1S/C16H19FN4O2/c1-10-9-21(2)20-15(10)19-16(22)18-8-11-4-3-5-13(14(11)17)23-12-6-7-12/h3-5,9,12H,6-8H2,1-2H3,(H2,18,19,20,22). The van der Waals surface area contributed by atoms with Crippen molar-refractivity contribution in [3.63, 3.8) is 0 Å². The van der Waals surface area contributed by atoms with Crippen molar-refractivity contribution in [1.82, 2.24) is 15.1 Å². The smallest absolute Gasteiger partial charge is 0.320 e. The van der Waals surface area contributed by atoms with Crippen LogP contribution >= 0.6 is 0 Å². The van der Waals surface area contributed by atoms with Crippen molar-refractivity contribution < 1.29 is 13.9 Å². The van der Waals surface area contributed by atoms with Gasteiger partial charge in [0.2, 0.25) is 0 Å². The number of aryl methyl sites for hydroxylation is 2. The van der Waals surface area contributed by atoms with Crippen molar-refractivity contribution in [1.29, 1.82) is 0 Å². The number of carbonyl (C=O) groups excluding carboxylic acids is 1. The zero-order valence-corrected chi connectivity index (χ0v) is 13.1. The van der Waals surface area contributed by atoms with Crippen LogP contribution in [-0.4, -0.2) is 21.9 Å². The lowest BCUT2D eigenvalue weighted by Gasteiger charge is -2.10. The van der Waals surface area contributed by atoms with Crippen LogP contribution < -0.4 is 15.4 Å². The molecule has 2 N–H and O–H groups in total. The lowest BCUT2D eigenvalue weighted by atomic mass is 10.2. The van der Waals surface area contributed by atoms with Crippen molar-refractivity contribution in [2.75, 3.05) is 5.32 Å². The highest BCUT2D eigenvalue weighted by atomic mass is 19.1. The van der Waals surface area contributed by atoms with Gasteiger partial charge in [0, 0.05) is 30.9 Å². The van der Waals surface area contributed by atoms with Gasteiger partial charge in [-0.2, -0.15) is 5.10 Å². The van der Waals surface area contributed by atoms with Crippen LogP contribution in [0.15, 0.2) is 24.4 Å². The molecule has 1 aliphatic carbocycles. The van der Waals surface area contributed by atoms with Gasteiger partial charge in [0.1, 0.15) is 0 Å². The molecule has 0 radical (unpaired) electrons. The first-order valence-electron chi connectivity index (χ1n) is 7.52. The van der Waals surface area contributed by atoms with Gasteiger partial charge in [-0.25, -0.2) is 9.18 Å². The van der Waals surface area contributed by atoms with Gasteiger partial charge in [-0.15, -0.1) is 0 Å². The number of nitrogens with zero attached hydrogens (tertiary/aromatic N) is 2. The van der Waals surface area contributed by atoms with Gasteiger partial charge in [-0.3, -0.25) is 10.00 Å². The Bertz CT molecular complexity index is 725. The monoisotopic (exact) mass is 318 g/mol. The number of nitrogens with one attached hydrogen (secondary N) is 2. The topological polar surface area (TPSA) is 68.2 Å². The quantitative estimate of drug-likeness (QED) is 0.890. The van der Waals surface area contributed by atoms with Crippen LogP contribution in [0, 0.1) is 12.7 Å². The number of aromatic nitrogens is 2. The highest BCUT2D eigenvalue weighted by molar-refractivity contribution is 5.88. The van der Waals surface area contributed by atoms with Crippen molar-refractivity contribution in [3.05, 3.63) is 41.3 Å². The second-order valence-electron chi connectivity index (χ2n) is 5.69. The van der Waals surface area contributed by atoms with Crippen LogP contribution in [-0.2, 0) is 13.6 Å². The van der Waals surface area contributed by atoms with E-state index in [0.29, 0.717) is 11.4 Å². The third-order valence-corrected chi connectivity index (χ3v) is 3.54. The van der Waals surface area contributed by atoms with E-state index in [9.17, 15) is 9.18 Å². The van der Waals surface area contributed by atoms with E-state index < -0.39 is 11.8 Å². The number of carbonyl (C=O) groups is 1. The second kappa shape index (κ2) is 6.28. The van der Waals surface area contributed by atoms with E-state index in [1.54, 1.807) is 36.1 Å². The van der Waals surface area contributed by atoms with Crippen molar-refractivity contribution in [3.8, 4) is 5.75 Å². The number of halogens is 1. The number of rotatable bonds is 5. The molecule has 1 aromatic heterocycles. The van der Waals surface area contributed by atoms with Crippen LogP contribution in [0.3, 0.4) is 0 Å². The fourth-order valence-corrected chi connectivity index (χ4v) is 2.21. The molecule has 2 amide bonds. The molecule has 0 bridgehead atoms. The van der Waals surface area contributed by atoms with Gasteiger partial charge in [-0.05, 0) is 25.8 Å². The van der Waals surface area contributed by atoms with Gasteiger partial charge in [0.15, 0.2) is 17.4 Å². The summed E-state index contributed by atoms with van der Waals surface area (Å²) in [4.78, 5) is 11.9. The van der Waals surface area contributed by atoms with Crippen LogP contribution in [0.4, 0.5) is 15.0 Å². The SMILES string of the molecule is Cc1cn(C)nc1NC(=O)NCc1cccc(OC2CC2)c1F. The number of amides is 2. The fourth-order valence-electron chi connectivity index (χ4n) is 2.21. The molecule has 23 heavy (non-hydrogen) atoms. The maximum atomic E-state index is 14.3. The third kappa shape index (κ3) is 3.80. The molecule has 1 saturated carbocycles. The predicted octanol–water partition coefficient (Wildman–Crippen LogP) is 2.73. The highest BCUT2D eigenvalue weighted by Gasteiger charge is 2.25. The Morgan fingerprint density at radius 1 is 1.48 bits per heavy atom. The minimum Gasteiger partial charge on any atom is -0.487 e. The third-order valence-electron chi connectivity index (χ3n) is 3.54. The van der Waals surface area contributed by atoms with E-state index in [0.717, 1.165) is 18.4 Å². The molecule has 122 valence electrons. The Morgan fingerprint density at radius 3 is 2.91 bits per heavy atom. The van der Waals surface area contributed by atoms with Gasteiger partial charge >= 0.3 is 6.03 Å². The number of benzene rings is 1. The fraction of sp³-hybridized carbons (Fsp3) is 0.375. The summed E-state index contributed by atoms with van der Waals surface area (Å²) in [5, 5.41) is 9.40. The molecule has 3 rings (SSSR count). The maximum absolute atomic E-state index is 14.3. The van der Waals surface area contributed by atoms with Crippen LogP contribution in [0.25, 0.3) is 0 Å².